The van der Waals surface area contributed by atoms with E-state index in [-0.39, 0.29) is 16.9 Å². The number of nitrogens with zero attached hydrogens (tertiary/aromatic N) is 2. The molecule has 0 radical (unpaired) electrons. The molecular weight excluding hydrogens is 232 g/mol. The van der Waals surface area contributed by atoms with Crippen molar-refractivity contribution in [3.05, 3.63) is 26.5 Å². The molecule has 9 nitrogen and oxygen atoms in total. The van der Waals surface area contributed by atoms with E-state index >= 15 is 0 Å². The third kappa shape index (κ3) is 1.97. The molecule has 17 heavy (non-hydrogen) atoms. The third-order valence-electron chi connectivity index (χ3n) is 1.94. The Morgan fingerprint density at radius 2 is 1.94 bits per heavy atom. The number of aromatic nitrogens is 4. The summed E-state index contributed by atoms with van der Waals surface area (Å²) in [5.41, 5.74) is -2.28. The average molecular weight is 238 g/mol. The van der Waals surface area contributed by atoms with Gasteiger partial charge < -0.3 is 10.2 Å². The van der Waals surface area contributed by atoms with E-state index in [1.165, 1.54) is 0 Å². The summed E-state index contributed by atoms with van der Waals surface area (Å²) in [6, 6.07) is 0. The summed E-state index contributed by atoms with van der Waals surface area (Å²) >= 11 is 0. The van der Waals surface area contributed by atoms with Crippen LogP contribution in [0.2, 0.25) is 0 Å². The molecule has 9 heteroatoms. The van der Waals surface area contributed by atoms with Crippen molar-refractivity contribution in [3.63, 3.8) is 0 Å². The molecule has 2 rings (SSSR count). The number of H-pyrrole nitrogens is 2. The number of rotatable bonds is 2. The van der Waals surface area contributed by atoms with E-state index < -0.39 is 29.5 Å². The number of aromatic amines is 2. The Hall–Kier alpha value is -2.71. The van der Waals surface area contributed by atoms with Gasteiger partial charge in [0.25, 0.3) is 5.56 Å². The number of fused-ring (bicyclic) bond motifs is 1. The van der Waals surface area contributed by atoms with E-state index in [2.05, 4.69) is 15.0 Å². The molecule has 0 saturated carbocycles. The summed E-state index contributed by atoms with van der Waals surface area (Å²) in [5.74, 6) is -1.86. The molecule has 0 spiro atoms. The van der Waals surface area contributed by atoms with Gasteiger partial charge in [-0.2, -0.15) is 4.98 Å². The number of aliphatic carboxylic acids is 1. The van der Waals surface area contributed by atoms with Crippen molar-refractivity contribution >= 4 is 17.1 Å². The van der Waals surface area contributed by atoms with Gasteiger partial charge in [0.2, 0.25) is 5.88 Å². The molecule has 0 aliphatic rings. The maximum atomic E-state index is 11.3. The minimum atomic E-state index is -1.23. The van der Waals surface area contributed by atoms with Gasteiger partial charge in [-0.25, -0.2) is 9.78 Å². The molecular formula is C8H6N4O5. The SMILES string of the molecule is O=C(O)Cc1nc2c(=O)[nH]c(=O)[nH]c2nc1O. The highest BCUT2D eigenvalue weighted by molar-refractivity contribution is 5.73. The maximum absolute atomic E-state index is 11.3. The van der Waals surface area contributed by atoms with Crippen LogP contribution in [0.1, 0.15) is 5.69 Å². The van der Waals surface area contributed by atoms with E-state index in [9.17, 15) is 19.5 Å². The van der Waals surface area contributed by atoms with Crippen LogP contribution in [0.5, 0.6) is 5.88 Å². The van der Waals surface area contributed by atoms with Crippen LogP contribution in [-0.2, 0) is 11.2 Å². The number of carbonyl (C=O) groups is 1. The number of nitrogens with one attached hydrogen (secondary N) is 2. The monoisotopic (exact) mass is 238 g/mol. The predicted octanol–water partition coefficient (Wildman–Crippen LogP) is -1.66. The molecule has 0 bridgehead atoms. The van der Waals surface area contributed by atoms with Crippen LogP contribution in [0.4, 0.5) is 0 Å². The first-order chi connectivity index (χ1) is 7.97. The van der Waals surface area contributed by atoms with Crippen molar-refractivity contribution < 1.29 is 15.0 Å². The van der Waals surface area contributed by atoms with E-state index in [0.717, 1.165) is 0 Å². The lowest BCUT2D eigenvalue weighted by Crippen LogP contribution is -2.23. The lowest BCUT2D eigenvalue weighted by Gasteiger charge is -2.01. The zero-order valence-electron chi connectivity index (χ0n) is 8.22. The molecule has 0 aliphatic heterocycles. The zero-order valence-corrected chi connectivity index (χ0v) is 8.22. The molecule has 0 unspecified atom stereocenters. The summed E-state index contributed by atoms with van der Waals surface area (Å²) in [4.78, 5) is 44.0. The van der Waals surface area contributed by atoms with Crippen LogP contribution in [0, 0.1) is 0 Å². The number of carboxylic acids is 1. The standard InChI is InChI=1S/C8H6N4O5/c13-3(14)1-2-6(15)10-5-4(9-2)7(16)12-8(17)11-5/h1H2,(H,13,14)(H3,10,11,12,15,16,17). The molecule has 2 aromatic heterocycles. The summed E-state index contributed by atoms with van der Waals surface area (Å²) in [5, 5.41) is 17.9. The molecule has 0 amide bonds. The molecule has 88 valence electrons. The summed E-state index contributed by atoms with van der Waals surface area (Å²) in [7, 11) is 0. The van der Waals surface area contributed by atoms with Gasteiger partial charge in [0.15, 0.2) is 11.2 Å². The summed E-state index contributed by atoms with van der Waals surface area (Å²) < 4.78 is 0. The maximum Gasteiger partial charge on any atom is 0.327 e. The Morgan fingerprint density at radius 1 is 1.24 bits per heavy atom. The van der Waals surface area contributed by atoms with Crippen molar-refractivity contribution in [1.82, 2.24) is 19.9 Å². The Labute approximate surface area is 91.8 Å². The van der Waals surface area contributed by atoms with E-state index in [4.69, 9.17) is 5.11 Å². The van der Waals surface area contributed by atoms with Gasteiger partial charge in [0, 0.05) is 0 Å². The van der Waals surface area contributed by atoms with Crippen LogP contribution in [-0.4, -0.2) is 36.1 Å². The lowest BCUT2D eigenvalue weighted by molar-refractivity contribution is -0.136. The van der Waals surface area contributed by atoms with Gasteiger partial charge in [0.05, 0.1) is 6.42 Å². The number of aromatic hydroxyl groups is 1. The first-order valence-corrected chi connectivity index (χ1v) is 4.41. The third-order valence-corrected chi connectivity index (χ3v) is 1.94. The first-order valence-electron chi connectivity index (χ1n) is 4.41. The Kier molecular flexibility index (Phi) is 2.35. The highest BCUT2D eigenvalue weighted by Crippen LogP contribution is 2.13. The Morgan fingerprint density at radius 3 is 2.59 bits per heavy atom. The molecule has 0 fully saturated rings. The Bertz CT molecular complexity index is 716. The summed E-state index contributed by atoms with van der Waals surface area (Å²) in [6.45, 7) is 0. The first kappa shape index (κ1) is 10.8. The summed E-state index contributed by atoms with van der Waals surface area (Å²) in [6.07, 6.45) is -0.576. The second kappa shape index (κ2) is 3.70. The van der Waals surface area contributed by atoms with Crippen molar-refractivity contribution in [2.24, 2.45) is 0 Å². The van der Waals surface area contributed by atoms with Gasteiger partial charge >= 0.3 is 11.7 Å². The highest BCUT2D eigenvalue weighted by Gasteiger charge is 2.13. The van der Waals surface area contributed by atoms with E-state index in [1.54, 1.807) is 0 Å². The van der Waals surface area contributed by atoms with Crippen molar-refractivity contribution in [2.75, 3.05) is 0 Å². The van der Waals surface area contributed by atoms with Crippen LogP contribution < -0.4 is 11.2 Å². The molecule has 0 atom stereocenters. The number of carboxylic acid groups (broad SMARTS) is 1. The topological polar surface area (TPSA) is 149 Å². The minimum absolute atomic E-state index is 0.203. The lowest BCUT2D eigenvalue weighted by atomic mass is 10.3. The fraction of sp³-hybridized carbons (Fsp3) is 0.125. The van der Waals surface area contributed by atoms with Crippen LogP contribution in [0.15, 0.2) is 9.59 Å². The second-order valence-corrected chi connectivity index (χ2v) is 3.17. The fourth-order valence-electron chi connectivity index (χ4n) is 1.27. The van der Waals surface area contributed by atoms with Gasteiger partial charge in [-0.05, 0) is 0 Å². The van der Waals surface area contributed by atoms with Gasteiger partial charge in [-0.15, -0.1) is 0 Å². The van der Waals surface area contributed by atoms with Gasteiger partial charge in [-0.1, -0.05) is 0 Å². The predicted molar refractivity (Wildman–Crippen MR) is 53.8 cm³/mol. The normalized spacial score (nSPS) is 10.6. The molecule has 0 aromatic carbocycles. The van der Waals surface area contributed by atoms with E-state index in [0.29, 0.717) is 0 Å². The fourth-order valence-corrected chi connectivity index (χ4v) is 1.27. The van der Waals surface area contributed by atoms with Gasteiger partial charge in [0.1, 0.15) is 5.69 Å². The average Bonchev–Trinajstić information content (AvgIpc) is 2.19. The zero-order chi connectivity index (χ0) is 12.6. The molecule has 4 N–H and O–H groups in total. The Balaban J connectivity index is 2.76. The molecule has 0 aliphatic carbocycles. The largest absolute Gasteiger partial charge is 0.492 e. The van der Waals surface area contributed by atoms with Gasteiger partial charge in [-0.3, -0.25) is 19.6 Å². The van der Waals surface area contributed by atoms with Crippen LogP contribution in [0.25, 0.3) is 11.2 Å². The van der Waals surface area contributed by atoms with Crippen molar-refractivity contribution in [2.45, 2.75) is 6.42 Å². The van der Waals surface area contributed by atoms with Crippen LogP contribution >= 0.6 is 0 Å². The molecule has 0 saturated heterocycles. The number of hydrogen-bond donors (Lipinski definition) is 4. The van der Waals surface area contributed by atoms with Crippen molar-refractivity contribution in [3.8, 4) is 5.88 Å². The molecule has 2 aromatic rings. The van der Waals surface area contributed by atoms with Crippen molar-refractivity contribution in [1.29, 1.82) is 0 Å². The minimum Gasteiger partial charge on any atom is -0.492 e. The van der Waals surface area contributed by atoms with E-state index in [1.807, 2.05) is 4.98 Å². The number of hydrogen-bond acceptors (Lipinski definition) is 6. The smallest absolute Gasteiger partial charge is 0.327 e. The highest BCUT2D eigenvalue weighted by atomic mass is 16.4. The second-order valence-electron chi connectivity index (χ2n) is 3.17. The quantitative estimate of drug-likeness (QED) is 0.489. The molecule has 2 heterocycles. The van der Waals surface area contributed by atoms with Crippen LogP contribution in [0.3, 0.4) is 0 Å².